The second-order valence-electron chi connectivity index (χ2n) is 3.10. The van der Waals surface area contributed by atoms with Crippen molar-refractivity contribution < 1.29 is 14.3 Å². The van der Waals surface area contributed by atoms with Crippen LogP contribution in [0, 0.1) is 6.92 Å². The van der Waals surface area contributed by atoms with Crippen LogP contribution in [0.5, 0.6) is 5.75 Å². The second-order valence-corrected chi connectivity index (χ2v) is 3.37. The zero-order valence-corrected chi connectivity index (χ0v) is 9.72. The number of hydrogen-bond donors (Lipinski definition) is 0. The van der Waals surface area contributed by atoms with Gasteiger partial charge in [0.25, 0.3) is 0 Å². The third kappa shape index (κ3) is 2.42. The summed E-state index contributed by atoms with van der Waals surface area (Å²) in [6.45, 7) is 1.90. The lowest BCUT2D eigenvalue weighted by molar-refractivity contribution is 0.0599. The molecule has 0 aromatic heterocycles. The number of ether oxygens (including phenoxy) is 2. The van der Waals surface area contributed by atoms with Gasteiger partial charge in [0.15, 0.2) is 0 Å². The van der Waals surface area contributed by atoms with Gasteiger partial charge in [0, 0.05) is 5.88 Å². The molecule has 82 valence electrons. The number of esters is 1. The van der Waals surface area contributed by atoms with Gasteiger partial charge in [0.05, 0.1) is 19.8 Å². The largest absolute Gasteiger partial charge is 0.496 e. The number of benzene rings is 1. The Labute approximate surface area is 93.9 Å². The SMILES string of the molecule is COC(=O)c1cc(OC)c(C)cc1CCl. The third-order valence-electron chi connectivity index (χ3n) is 2.17. The predicted molar refractivity (Wildman–Crippen MR) is 58.6 cm³/mol. The molecule has 15 heavy (non-hydrogen) atoms. The molecule has 1 aromatic rings. The maximum absolute atomic E-state index is 11.4. The summed E-state index contributed by atoms with van der Waals surface area (Å²) in [5, 5.41) is 0. The number of halogens is 1. The van der Waals surface area contributed by atoms with Crippen LogP contribution in [0.25, 0.3) is 0 Å². The number of hydrogen-bond acceptors (Lipinski definition) is 3. The lowest BCUT2D eigenvalue weighted by Crippen LogP contribution is -2.06. The Hall–Kier alpha value is -1.22. The van der Waals surface area contributed by atoms with Gasteiger partial charge in [-0.25, -0.2) is 4.79 Å². The van der Waals surface area contributed by atoms with E-state index in [0.717, 1.165) is 11.1 Å². The van der Waals surface area contributed by atoms with Gasteiger partial charge in [-0.3, -0.25) is 0 Å². The molecule has 1 aromatic carbocycles. The molecular formula is C11H13ClO3. The van der Waals surface area contributed by atoms with E-state index in [4.69, 9.17) is 16.3 Å². The molecule has 0 heterocycles. The summed E-state index contributed by atoms with van der Waals surface area (Å²) in [6, 6.07) is 3.48. The zero-order chi connectivity index (χ0) is 11.4. The Bertz CT molecular complexity index is 374. The van der Waals surface area contributed by atoms with E-state index in [1.165, 1.54) is 7.11 Å². The highest BCUT2D eigenvalue weighted by molar-refractivity contribution is 6.17. The van der Waals surface area contributed by atoms with Crippen molar-refractivity contribution >= 4 is 17.6 Å². The molecule has 0 aliphatic carbocycles. The molecule has 0 radical (unpaired) electrons. The molecular weight excluding hydrogens is 216 g/mol. The predicted octanol–water partition coefficient (Wildman–Crippen LogP) is 2.53. The van der Waals surface area contributed by atoms with Crippen LogP contribution in [0.2, 0.25) is 0 Å². The lowest BCUT2D eigenvalue weighted by Gasteiger charge is -2.10. The third-order valence-corrected chi connectivity index (χ3v) is 2.46. The zero-order valence-electron chi connectivity index (χ0n) is 8.96. The lowest BCUT2D eigenvalue weighted by atomic mass is 10.0. The average Bonchev–Trinajstić information content (AvgIpc) is 2.27. The summed E-state index contributed by atoms with van der Waals surface area (Å²) in [5.41, 5.74) is 2.15. The van der Waals surface area contributed by atoms with E-state index in [0.29, 0.717) is 11.3 Å². The Morgan fingerprint density at radius 2 is 2.07 bits per heavy atom. The molecule has 0 amide bonds. The van der Waals surface area contributed by atoms with E-state index in [1.807, 2.05) is 13.0 Å². The van der Waals surface area contributed by atoms with Gasteiger partial charge < -0.3 is 9.47 Å². The highest BCUT2D eigenvalue weighted by Gasteiger charge is 2.14. The van der Waals surface area contributed by atoms with Gasteiger partial charge in [0.2, 0.25) is 0 Å². The van der Waals surface area contributed by atoms with Crippen molar-refractivity contribution in [2.45, 2.75) is 12.8 Å². The van der Waals surface area contributed by atoms with Gasteiger partial charge >= 0.3 is 5.97 Å². The quantitative estimate of drug-likeness (QED) is 0.589. The minimum absolute atomic E-state index is 0.273. The number of aryl methyl sites for hydroxylation is 1. The molecule has 3 nitrogen and oxygen atoms in total. The molecule has 0 fully saturated rings. The summed E-state index contributed by atoms with van der Waals surface area (Å²) in [7, 11) is 2.90. The molecule has 0 saturated carbocycles. The first kappa shape index (κ1) is 11.9. The fourth-order valence-electron chi connectivity index (χ4n) is 1.38. The monoisotopic (exact) mass is 228 g/mol. The number of carbonyl (C=O) groups excluding carboxylic acids is 1. The maximum atomic E-state index is 11.4. The minimum Gasteiger partial charge on any atom is -0.496 e. The molecule has 0 saturated heterocycles. The first-order valence-corrected chi connectivity index (χ1v) is 4.99. The number of rotatable bonds is 3. The standard InChI is InChI=1S/C11H13ClO3/c1-7-4-8(6-12)9(11(13)15-3)5-10(7)14-2/h4-5H,6H2,1-3H3. The van der Waals surface area contributed by atoms with Crippen molar-refractivity contribution in [1.29, 1.82) is 0 Å². The molecule has 0 spiro atoms. The van der Waals surface area contributed by atoms with Crippen molar-refractivity contribution in [3.63, 3.8) is 0 Å². The maximum Gasteiger partial charge on any atom is 0.338 e. The van der Waals surface area contributed by atoms with Crippen LogP contribution < -0.4 is 4.74 Å². The van der Waals surface area contributed by atoms with E-state index in [9.17, 15) is 4.79 Å². The summed E-state index contributed by atoms with van der Waals surface area (Å²) >= 11 is 5.75. The molecule has 1 rings (SSSR count). The van der Waals surface area contributed by atoms with Crippen molar-refractivity contribution in [2.75, 3.05) is 14.2 Å². The number of carbonyl (C=O) groups is 1. The minimum atomic E-state index is -0.399. The molecule has 0 unspecified atom stereocenters. The first-order valence-electron chi connectivity index (χ1n) is 4.45. The van der Waals surface area contributed by atoms with Crippen molar-refractivity contribution in [1.82, 2.24) is 0 Å². The van der Waals surface area contributed by atoms with Crippen molar-refractivity contribution in [2.24, 2.45) is 0 Å². The Balaban J connectivity index is 3.28. The molecule has 0 bridgehead atoms. The Morgan fingerprint density at radius 3 is 2.53 bits per heavy atom. The van der Waals surface area contributed by atoms with Gasteiger partial charge in [-0.15, -0.1) is 11.6 Å². The summed E-state index contributed by atoms with van der Waals surface area (Å²) in [6.07, 6.45) is 0. The highest BCUT2D eigenvalue weighted by atomic mass is 35.5. The highest BCUT2D eigenvalue weighted by Crippen LogP contribution is 2.24. The Kier molecular flexibility index (Phi) is 3.97. The van der Waals surface area contributed by atoms with Gasteiger partial charge in [-0.1, -0.05) is 6.07 Å². The van der Waals surface area contributed by atoms with Gasteiger partial charge in [0.1, 0.15) is 5.75 Å². The second kappa shape index (κ2) is 5.03. The number of methoxy groups -OCH3 is 2. The van der Waals surface area contributed by atoms with Crippen LogP contribution in [0.4, 0.5) is 0 Å². The van der Waals surface area contributed by atoms with Crippen LogP contribution in [0.3, 0.4) is 0 Å². The van der Waals surface area contributed by atoms with E-state index >= 15 is 0 Å². The topological polar surface area (TPSA) is 35.5 Å². The fraction of sp³-hybridized carbons (Fsp3) is 0.364. The van der Waals surface area contributed by atoms with Crippen LogP contribution in [0.15, 0.2) is 12.1 Å². The van der Waals surface area contributed by atoms with E-state index in [1.54, 1.807) is 13.2 Å². The van der Waals surface area contributed by atoms with Gasteiger partial charge in [-0.05, 0) is 24.1 Å². The first-order chi connectivity index (χ1) is 7.13. The molecule has 4 heteroatoms. The van der Waals surface area contributed by atoms with Crippen LogP contribution in [-0.4, -0.2) is 20.2 Å². The number of alkyl halides is 1. The average molecular weight is 229 g/mol. The fourth-order valence-corrected chi connectivity index (χ4v) is 1.60. The van der Waals surface area contributed by atoms with Crippen LogP contribution in [-0.2, 0) is 10.6 Å². The normalized spacial score (nSPS) is 9.87. The van der Waals surface area contributed by atoms with E-state index < -0.39 is 5.97 Å². The molecule has 0 atom stereocenters. The summed E-state index contributed by atoms with van der Waals surface area (Å²) in [5.74, 6) is 0.531. The molecule has 0 aliphatic heterocycles. The smallest absolute Gasteiger partial charge is 0.338 e. The van der Waals surface area contributed by atoms with Crippen molar-refractivity contribution in [3.05, 3.63) is 28.8 Å². The molecule has 0 aliphatic rings. The van der Waals surface area contributed by atoms with E-state index in [-0.39, 0.29) is 5.88 Å². The van der Waals surface area contributed by atoms with Gasteiger partial charge in [-0.2, -0.15) is 0 Å². The van der Waals surface area contributed by atoms with Crippen molar-refractivity contribution in [3.8, 4) is 5.75 Å². The van der Waals surface area contributed by atoms with Crippen LogP contribution >= 0.6 is 11.6 Å². The molecule has 0 N–H and O–H groups in total. The Morgan fingerprint density at radius 1 is 1.40 bits per heavy atom. The summed E-state index contributed by atoms with van der Waals surface area (Å²) < 4.78 is 9.79. The van der Waals surface area contributed by atoms with E-state index in [2.05, 4.69) is 4.74 Å². The van der Waals surface area contributed by atoms with Crippen LogP contribution in [0.1, 0.15) is 21.5 Å². The summed E-state index contributed by atoms with van der Waals surface area (Å²) in [4.78, 5) is 11.4.